The molecule has 5 nitrogen and oxygen atoms in total. The Morgan fingerprint density at radius 3 is 2.62 bits per heavy atom. The Morgan fingerprint density at radius 2 is 2.12 bits per heavy atom. The molecule has 6 heteroatoms. The van der Waals surface area contributed by atoms with E-state index in [1.807, 2.05) is 13.8 Å². The topological polar surface area (TPSA) is 72.1 Å². The molecule has 0 spiro atoms. The van der Waals surface area contributed by atoms with E-state index in [0.717, 1.165) is 5.69 Å². The third-order valence-corrected chi connectivity index (χ3v) is 2.87. The van der Waals surface area contributed by atoms with Crippen LogP contribution in [0, 0.1) is 6.92 Å². The summed E-state index contributed by atoms with van der Waals surface area (Å²) in [5.41, 5.74) is 6.42. The van der Waals surface area contributed by atoms with Crippen molar-refractivity contribution >= 4 is 23.5 Å². The molecule has 88 valence electrons. The molecular weight excluding hydrogens is 224 g/mol. The molecule has 0 aromatic carbocycles. The molecule has 0 radical (unpaired) electrons. The summed E-state index contributed by atoms with van der Waals surface area (Å²) in [6.07, 6.45) is 0. The smallest absolute Gasteiger partial charge is 0.235 e. The van der Waals surface area contributed by atoms with Gasteiger partial charge in [0.05, 0.1) is 5.25 Å². The highest BCUT2D eigenvalue weighted by atomic mass is 32.2. The maximum absolute atomic E-state index is 11.6. The summed E-state index contributed by atoms with van der Waals surface area (Å²) >= 11 is 1.31. The zero-order chi connectivity index (χ0) is 12.3. The Balaban J connectivity index is 2.76. The number of aromatic nitrogens is 2. The van der Waals surface area contributed by atoms with Gasteiger partial charge in [0.15, 0.2) is 5.16 Å². The second-order valence-electron chi connectivity index (χ2n) is 3.71. The summed E-state index contributed by atoms with van der Waals surface area (Å²) in [6, 6.07) is 1.70. The van der Waals surface area contributed by atoms with Gasteiger partial charge in [-0.05, 0) is 13.8 Å². The molecular formula is C10H16N4OS. The number of amides is 1. The molecule has 0 aliphatic carbocycles. The number of carbonyl (C=O) groups excluding carboxylic acids is 1. The SMILES string of the molecule is Cc1cc(N)nc(S[C@@H](C)C(=O)N(C)C)n1. The molecule has 2 N–H and O–H groups in total. The molecule has 1 heterocycles. The third-order valence-electron chi connectivity index (χ3n) is 1.92. The molecule has 0 unspecified atom stereocenters. The normalized spacial score (nSPS) is 12.2. The minimum absolute atomic E-state index is 0.0358. The lowest BCUT2D eigenvalue weighted by Crippen LogP contribution is -2.29. The molecule has 1 atom stereocenters. The fraction of sp³-hybridized carbons (Fsp3) is 0.500. The van der Waals surface area contributed by atoms with Crippen molar-refractivity contribution < 1.29 is 4.79 Å². The minimum atomic E-state index is -0.212. The van der Waals surface area contributed by atoms with Gasteiger partial charge >= 0.3 is 0 Å². The number of rotatable bonds is 3. The first-order chi connectivity index (χ1) is 7.40. The lowest BCUT2D eigenvalue weighted by Gasteiger charge is -2.15. The van der Waals surface area contributed by atoms with E-state index in [1.54, 1.807) is 25.1 Å². The van der Waals surface area contributed by atoms with E-state index in [0.29, 0.717) is 11.0 Å². The predicted molar refractivity (Wildman–Crippen MR) is 65.2 cm³/mol. The summed E-state index contributed by atoms with van der Waals surface area (Å²) in [5.74, 6) is 0.466. The molecule has 0 bridgehead atoms. The maximum Gasteiger partial charge on any atom is 0.235 e. The lowest BCUT2D eigenvalue weighted by molar-refractivity contribution is -0.127. The van der Waals surface area contributed by atoms with Gasteiger partial charge in [-0.3, -0.25) is 4.79 Å². The highest BCUT2D eigenvalue weighted by Crippen LogP contribution is 2.21. The van der Waals surface area contributed by atoms with Gasteiger partial charge < -0.3 is 10.6 Å². The van der Waals surface area contributed by atoms with Crippen LogP contribution in [0.4, 0.5) is 5.82 Å². The van der Waals surface area contributed by atoms with Crippen molar-refractivity contribution in [3.63, 3.8) is 0 Å². The number of hydrogen-bond donors (Lipinski definition) is 1. The molecule has 0 saturated carbocycles. The van der Waals surface area contributed by atoms with Crippen LogP contribution in [-0.4, -0.2) is 40.1 Å². The number of carbonyl (C=O) groups is 1. The molecule has 0 fully saturated rings. The van der Waals surface area contributed by atoms with Crippen LogP contribution < -0.4 is 5.73 Å². The number of aryl methyl sites for hydroxylation is 1. The van der Waals surface area contributed by atoms with Crippen molar-refractivity contribution in [2.45, 2.75) is 24.3 Å². The average Bonchev–Trinajstić information content (AvgIpc) is 2.14. The van der Waals surface area contributed by atoms with Crippen LogP contribution >= 0.6 is 11.8 Å². The van der Waals surface area contributed by atoms with Crippen molar-refractivity contribution in [2.75, 3.05) is 19.8 Å². The van der Waals surface area contributed by atoms with Crippen LogP contribution in [0.5, 0.6) is 0 Å². The average molecular weight is 240 g/mol. The Bertz CT molecular complexity index is 374. The minimum Gasteiger partial charge on any atom is -0.384 e. The summed E-state index contributed by atoms with van der Waals surface area (Å²) in [7, 11) is 3.45. The van der Waals surface area contributed by atoms with Gasteiger partial charge in [-0.2, -0.15) is 0 Å². The van der Waals surface area contributed by atoms with E-state index in [-0.39, 0.29) is 11.2 Å². The molecule has 1 aromatic heterocycles. The second-order valence-corrected chi connectivity index (χ2v) is 5.02. The van der Waals surface area contributed by atoms with Crippen molar-refractivity contribution in [3.8, 4) is 0 Å². The Hall–Kier alpha value is -1.30. The lowest BCUT2D eigenvalue weighted by atomic mass is 10.4. The van der Waals surface area contributed by atoms with Crippen molar-refractivity contribution in [1.82, 2.24) is 14.9 Å². The van der Waals surface area contributed by atoms with Gasteiger partial charge in [-0.25, -0.2) is 9.97 Å². The first-order valence-corrected chi connectivity index (χ1v) is 5.77. The van der Waals surface area contributed by atoms with Crippen LogP contribution in [0.3, 0.4) is 0 Å². The number of hydrogen-bond acceptors (Lipinski definition) is 5. The van der Waals surface area contributed by atoms with Gasteiger partial charge in [0, 0.05) is 25.9 Å². The number of nitrogens with two attached hydrogens (primary N) is 1. The molecule has 0 saturated heterocycles. The van der Waals surface area contributed by atoms with E-state index in [9.17, 15) is 4.79 Å². The van der Waals surface area contributed by atoms with Crippen LogP contribution in [0.25, 0.3) is 0 Å². The second kappa shape index (κ2) is 5.16. The molecule has 1 rings (SSSR count). The van der Waals surface area contributed by atoms with Crippen LogP contribution in [-0.2, 0) is 4.79 Å². The quantitative estimate of drug-likeness (QED) is 0.628. The number of anilines is 1. The van der Waals surface area contributed by atoms with Gasteiger partial charge in [-0.1, -0.05) is 11.8 Å². The van der Waals surface area contributed by atoms with Crippen molar-refractivity contribution in [1.29, 1.82) is 0 Å². The maximum atomic E-state index is 11.6. The fourth-order valence-electron chi connectivity index (χ4n) is 1.19. The largest absolute Gasteiger partial charge is 0.384 e. The molecule has 1 aromatic rings. The summed E-state index contributed by atoms with van der Waals surface area (Å²) in [4.78, 5) is 21.5. The highest BCUT2D eigenvalue weighted by Gasteiger charge is 2.17. The Kier molecular flexibility index (Phi) is 4.12. The molecule has 1 amide bonds. The van der Waals surface area contributed by atoms with E-state index < -0.39 is 0 Å². The third kappa shape index (κ3) is 3.37. The van der Waals surface area contributed by atoms with Gasteiger partial charge in [0.1, 0.15) is 5.82 Å². The van der Waals surface area contributed by atoms with Gasteiger partial charge in [-0.15, -0.1) is 0 Å². The van der Waals surface area contributed by atoms with Crippen molar-refractivity contribution in [2.24, 2.45) is 0 Å². The van der Waals surface area contributed by atoms with Gasteiger partial charge in [0.25, 0.3) is 0 Å². The van der Waals surface area contributed by atoms with E-state index >= 15 is 0 Å². The zero-order valence-corrected chi connectivity index (χ0v) is 10.7. The van der Waals surface area contributed by atoms with Crippen LogP contribution in [0.15, 0.2) is 11.2 Å². The summed E-state index contributed by atoms with van der Waals surface area (Å²) in [6.45, 7) is 3.68. The molecule has 0 aliphatic rings. The summed E-state index contributed by atoms with van der Waals surface area (Å²) in [5, 5.41) is 0.330. The fourth-order valence-corrected chi connectivity index (χ4v) is 2.17. The number of nitrogens with zero attached hydrogens (tertiary/aromatic N) is 3. The standard InChI is InChI=1S/C10H16N4OS/c1-6-5-8(11)13-10(12-6)16-7(2)9(15)14(3)4/h5,7H,1-4H3,(H2,11,12,13)/t7-/m0/s1. The van der Waals surface area contributed by atoms with Crippen LogP contribution in [0.2, 0.25) is 0 Å². The summed E-state index contributed by atoms with van der Waals surface area (Å²) < 4.78 is 0. The highest BCUT2D eigenvalue weighted by molar-refractivity contribution is 8.00. The first-order valence-electron chi connectivity index (χ1n) is 4.89. The Morgan fingerprint density at radius 1 is 1.50 bits per heavy atom. The molecule has 16 heavy (non-hydrogen) atoms. The van der Waals surface area contributed by atoms with E-state index in [4.69, 9.17) is 5.73 Å². The predicted octanol–water partition coefficient (Wildman–Crippen LogP) is 0.936. The first kappa shape index (κ1) is 12.8. The monoisotopic (exact) mass is 240 g/mol. The van der Waals surface area contributed by atoms with Crippen LogP contribution in [0.1, 0.15) is 12.6 Å². The molecule has 0 aliphatic heterocycles. The number of thioether (sulfide) groups is 1. The van der Waals surface area contributed by atoms with E-state index in [2.05, 4.69) is 9.97 Å². The number of nitrogen functional groups attached to an aromatic ring is 1. The zero-order valence-electron chi connectivity index (χ0n) is 9.89. The van der Waals surface area contributed by atoms with Crippen molar-refractivity contribution in [3.05, 3.63) is 11.8 Å². The van der Waals surface area contributed by atoms with Gasteiger partial charge in [0.2, 0.25) is 5.91 Å². The Labute approximate surface area is 99.4 Å². The van der Waals surface area contributed by atoms with E-state index in [1.165, 1.54) is 11.8 Å².